The summed E-state index contributed by atoms with van der Waals surface area (Å²) in [5.41, 5.74) is 9.37. The summed E-state index contributed by atoms with van der Waals surface area (Å²) in [6.45, 7) is 5.73. The van der Waals surface area contributed by atoms with Crippen molar-refractivity contribution in [2.75, 3.05) is 26.9 Å². The minimum absolute atomic E-state index is 0.0421. The Balaban J connectivity index is 1.71. The van der Waals surface area contributed by atoms with E-state index in [2.05, 4.69) is 17.8 Å². The van der Waals surface area contributed by atoms with Gasteiger partial charge in [-0.25, -0.2) is 10.9 Å². The van der Waals surface area contributed by atoms with Crippen LogP contribution in [0.3, 0.4) is 0 Å². The van der Waals surface area contributed by atoms with Gasteiger partial charge in [-0.1, -0.05) is 36.8 Å². The number of phenols is 1. The predicted octanol–water partition coefficient (Wildman–Crippen LogP) is 2.85. The minimum atomic E-state index is -0.372. The van der Waals surface area contributed by atoms with E-state index in [-0.39, 0.29) is 35.7 Å². The second-order valence-corrected chi connectivity index (χ2v) is 8.27. The van der Waals surface area contributed by atoms with Gasteiger partial charge in [0.1, 0.15) is 17.5 Å². The highest BCUT2D eigenvalue weighted by atomic mass is 16.5. The van der Waals surface area contributed by atoms with E-state index in [1.807, 2.05) is 48.2 Å². The van der Waals surface area contributed by atoms with Crippen molar-refractivity contribution in [3.63, 3.8) is 0 Å². The molecule has 0 radical (unpaired) electrons. The summed E-state index contributed by atoms with van der Waals surface area (Å²) in [6, 6.07) is 12.9. The number of methoxy groups -OCH3 is 1. The van der Waals surface area contributed by atoms with Crippen LogP contribution in [-0.4, -0.2) is 48.8 Å². The molecule has 2 aromatic carbocycles. The first kappa shape index (κ1) is 21.6. The highest BCUT2D eigenvalue weighted by Crippen LogP contribution is 2.48. The van der Waals surface area contributed by atoms with E-state index in [0.29, 0.717) is 19.8 Å². The van der Waals surface area contributed by atoms with E-state index in [4.69, 9.17) is 9.47 Å². The number of hydrogen-bond acceptors (Lipinski definition) is 6. The number of nitrogens with zero attached hydrogens (tertiary/aromatic N) is 1. The molecule has 4 atom stereocenters. The molecule has 166 valence electrons. The fourth-order valence-corrected chi connectivity index (χ4v) is 4.71. The number of hydrazine groups is 1. The molecule has 0 spiro atoms. The molecule has 1 amide bonds. The molecule has 2 fully saturated rings. The van der Waals surface area contributed by atoms with Crippen molar-refractivity contribution in [1.29, 1.82) is 0 Å². The van der Waals surface area contributed by atoms with Crippen molar-refractivity contribution < 1.29 is 19.4 Å². The van der Waals surface area contributed by atoms with Gasteiger partial charge in [0.05, 0.1) is 25.3 Å². The Morgan fingerprint density at radius 3 is 2.52 bits per heavy atom. The van der Waals surface area contributed by atoms with Crippen molar-refractivity contribution in [3.8, 4) is 11.5 Å². The van der Waals surface area contributed by atoms with Crippen LogP contribution in [-0.2, 0) is 9.53 Å². The Hall–Kier alpha value is -2.61. The average molecular weight is 426 g/mol. The molecule has 2 heterocycles. The molecule has 4 unspecified atom stereocenters. The smallest absolute Gasteiger partial charge is 0.242 e. The maximum Gasteiger partial charge on any atom is 0.242 e. The molecule has 0 saturated carbocycles. The fraction of sp³-hybridized carbons (Fsp3) is 0.458. The van der Waals surface area contributed by atoms with Crippen LogP contribution in [0.4, 0.5) is 0 Å². The zero-order valence-electron chi connectivity index (χ0n) is 18.3. The number of rotatable bonds is 8. The number of amides is 1. The van der Waals surface area contributed by atoms with Gasteiger partial charge >= 0.3 is 0 Å². The van der Waals surface area contributed by atoms with Crippen molar-refractivity contribution in [2.24, 2.45) is 5.92 Å². The first-order valence-electron chi connectivity index (χ1n) is 10.9. The van der Waals surface area contributed by atoms with Crippen LogP contribution < -0.4 is 15.6 Å². The van der Waals surface area contributed by atoms with E-state index in [9.17, 15) is 9.90 Å². The summed E-state index contributed by atoms with van der Waals surface area (Å²) >= 11 is 0. The average Bonchev–Trinajstić information content (AvgIpc) is 3.32. The van der Waals surface area contributed by atoms with E-state index < -0.39 is 0 Å². The molecule has 2 aliphatic heterocycles. The standard InChI is InChI=1S/C24H31N3O4/c1-4-12-31-17-8-6-16(7-9-17)23-20-21(18-14-15(2)5-10-19(18)28)25-26-22(20)24(29)27(23)11-13-30-3/h5-10,14,20-23,25-26,28H,4,11-13H2,1-3H3. The predicted molar refractivity (Wildman–Crippen MR) is 118 cm³/mol. The lowest BCUT2D eigenvalue weighted by atomic mass is 9.83. The zero-order valence-corrected chi connectivity index (χ0v) is 18.3. The van der Waals surface area contributed by atoms with Gasteiger partial charge in [0.2, 0.25) is 5.91 Å². The number of carbonyl (C=O) groups is 1. The number of aromatic hydroxyl groups is 1. The van der Waals surface area contributed by atoms with Crippen LogP contribution >= 0.6 is 0 Å². The molecule has 0 aliphatic carbocycles. The first-order valence-corrected chi connectivity index (χ1v) is 10.9. The zero-order chi connectivity index (χ0) is 22.0. The second-order valence-electron chi connectivity index (χ2n) is 8.27. The molecule has 7 heteroatoms. The molecule has 0 bridgehead atoms. The van der Waals surface area contributed by atoms with Crippen LogP contribution in [0.15, 0.2) is 42.5 Å². The Labute approximate surface area is 183 Å². The third-order valence-corrected chi connectivity index (χ3v) is 6.16. The van der Waals surface area contributed by atoms with Crippen molar-refractivity contribution >= 4 is 5.91 Å². The quantitative estimate of drug-likeness (QED) is 0.603. The molecular formula is C24H31N3O4. The summed E-state index contributed by atoms with van der Waals surface area (Å²) in [6.07, 6.45) is 0.951. The van der Waals surface area contributed by atoms with Crippen LogP contribution in [0, 0.1) is 12.8 Å². The van der Waals surface area contributed by atoms with Gasteiger partial charge in [-0.15, -0.1) is 0 Å². The summed E-state index contributed by atoms with van der Waals surface area (Å²) in [5, 5.41) is 10.6. The van der Waals surface area contributed by atoms with Gasteiger partial charge in [-0.2, -0.15) is 0 Å². The SMILES string of the molecule is CCCOc1ccc(C2C3C(NNC3c3cc(C)ccc3O)C(=O)N2CCOC)cc1. The number of ether oxygens (including phenoxy) is 2. The fourth-order valence-electron chi connectivity index (χ4n) is 4.71. The number of phenolic OH excluding ortho intramolecular Hbond substituents is 1. The van der Waals surface area contributed by atoms with Gasteiger partial charge in [-0.05, 0) is 37.1 Å². The van der Waals surface area contributed by atoms with Gasteiger partial charge in [-0.3, -0.25) is 4.79 Å². The summed E-state index contributed by atoms with van der Waals surface area (Å²) in [7, 11) is 1.64. The monoisotopic (exact) mass is 425 g/mol. The van der Waals surface area contributed by atoms with Gasteiger partial charge in [0.15, 0.2) is 0 Å². The third kappa shape index (κ3) is 4.13. The molecule has 31 heavy (non-hydrogen) atoms. The van der Waals surface area contributed by atoms with E-state index in [1.54, 1.807) is 13.2 Å². The topological polar surface area (TPSA) is 83.1 Å². The number of carbonyl (C=O) groups excluding carboxylic acids is 1. The van der Waals surface area contributed by atoms with Gasteiger partial charge in [0.25, 0.3) is 0 Å². The molecule has 4 rings (SSSR count). The lowest BCUT2D eigenvalue weighted by Gasteiger charge is -2.31. The van der Waals surface area contributed by atoms with Gasteiger partial charge < -0.3 is 19.5 Å². The van der Waals surface area contributed by atoms with Gasteiger partial charge in [0, 0.05) is 25.1 Å². The molecule has 0 aromatic heterocycles. The number of likely N-dealkylation sites (tertiary alicyclic amines) is 1. The maximum absolute atomic E-state index is 13.3. The van der Waals surface area contributed by atoms with E-state index >= 15 is 0 Å². The third-order valence-electron chi connectivity index (χ3n) is 6.16. The van der Waals surface area contributed by atoms with E-state index in [1.165, 1.54) is 0 Å². The van der Waals surface area contributed by atoms with Crippen molar-refractivity contribution in [3.05, 3.63) is 59.2 Å². The second kappa shape index (κ2) is 9.26. The van der Waals surface area contributed by atoms with Crippen LogP contribution in [0.25, 0.3) is 0 Å². The number of fused-ring (bicyclic) bond motifs is 1. The minimum Gasteiger partial charge on any atom is -0.508 e. The normalized spacial score (nSPS) is 25.1. The Bertz CT molecular complexity index is 918. The number of nitrogens with one attached hydrogen (secondary N) is 2. The lowest BCUT2D eigenvalue weighted by molar-refractivity contribution is -0.131. The highest BCUT2D eigenvalue weighted by Gasteiger charge is 2.55. The van der Waals surface area contributed by atoms with Crippen LogP contribution in [0.5, 0.6) is 11.5 Å². The highest BCUT2D eigenvalue weighted by molar-refractivity contribution is 5.86. The summed E-state index contributed by atoms with van der Waals surface area (Å²) < 4.78 is 11.0. The summed E-state index contributed by atoms with van der Waals surface area (Å²) in [4.78, 5) is 15.2. The molecular weight excluding hydrogens is 394 g/mol. The Morgan fingerprint density at radius 2 is 1.81 bits per heavy atom. The lowest BCUT2D eigenvalue weighted by Crippen LogP contribution is -2.42. The van der Waals surface area contributed by atoms with Crippen LogP contribution in [0.1, 0.15) is 42.1 Å². The number of hydrogen-bond donors (Lipinski definition) is 3. The van der Waals surface area contributed by atoms with Crippen molar-refractivity contribution in [2.45, 2.75) is 38.4 Å². The maximum atomic E-state index is 13.3. The number of aryl methyl sites for hydroxylation is 1. The van der Waals surface area contributed by atoms with Crippen LogP contribution in [0.2, 0.25) is 0 Å². The number of benzene rings is 2. The molecule has 2 saturated heterocycles. The van der Waals surface area contributed by atoms with Crippen molar-refractivity contribution in [1.82, 2.24) is 15.8 Å². The molecule has 3 N–H and O–H groups in total. The Kier molecular flexibility index (Phi) is 6.46. The molecule has 7 nitrogen and oxygen atoms in total. The Morgan fingerprint density at radius 1 is 1.06 bits per heavy atom. The molecule has 2 aromatic rings. The first-order chi connectivity index (χ1) is 15.0. The largest absolute Gasteiger partial charge is 0.508 e. The molecule has 2 aliphatic rings. The summed E-state index contributed by atoms with van der Waals surface area (Å²) in [5.74, 6) is 1.01. The van der Waals surface area contributed by atoms with E-state index in [0.717, 1.165) is 28.9 Å².